The molecule has 0 bridgehead atoms. The molecule has 0 unspecified atom stereocenters. The van der Waals surface area contributed by atoms with Crippen LogP contribution in [0.3, 0.4) is 0 Å². The van der Waals surface area contributed by atoms with Crippen LogP contribution in [-0.2, 0) is 28.6 Å². The number of rotatable bonds is 54. The fraction of sp³-hybridized carbons (Fsp3) is 0.950. The second kappa shape index (κ2) is 52.8. The topological polar surface area (TPSA) is 78.9 Å². The highest BCUT2D eigenvalue weighted by Gasteiger charge is 2.19. The number of hydrogen-bond donors (Lipinski definition) is 0. The number of ether oxygens (including phenoxy) is 3. The molecule has 392 valence electrons. The molecule has 0 aliphatic heterocycles. The molecule has 0 radical (unpaired) electrons. The van der Waals surface area contributed by atoms with Crippen molar-refractivity contribution < 1.29 is 28.6 Å². The highest BCUT2D eigenvalue weighted by Crippen LogP contribution is 2.18. The van der Waals surface area contributed by atoms with Crippen molar-refractivity contribution in [2.75, 3.05) is 13.2 Å². The van der Waals surface area contributed by atoms with Gasteiger partial charge in [-0.3, -0.25) is 14.4 Å². The van der Waals surface area contributed by atoms with Crippen LogP contribution in [0.15, 0.2) is 0 Å². The van der Waals surface area contributed by atoms with Crippen LogP contribution in [0.25, 0.3) is 0 Å². The van der Waals surface area contributed by atoms with Crippen molar-refractivity contribution in [3.05, 3.63) is 0 Å². The Bertz CT molecular complexity index is 1010. The van der Waals surface area contributed by atoms with E-state index in [-0.39, 0.29) is 31.1 Å². The van der Waals surface area contributed by atoms with Crippen molar-refractivity contribution in [1.82, 2.24) is 0 Å². The zero-order valence-electron chi connectivity index (χ0n) is 45.3. The Morgan fingerprint density at radius 2 is 0.500 bits per heavy atom. The summed E-state index contributed by atoms with van der Waals surface area (Å²) in [7, 11) is 0. The van der Waals surface area contributed by atoms with Crippen molar-refractivity contribution >= 4 is 17.9 Å². The molecule has 6 nitrogen and oxygen atoms in total. The van der Waals surface area contributed by atoms with Crippen LogP contribution in [-0.4, -0.2) is 37.2 Å². The highest BCUT2D eigenvalue weighted by atomic mass is 16.6. The first-order chi connectivity index (χ1) is 32.2. The molecule has 6 heteroatoms. The molecule has 0 aromatic rings. The van der Waals surface area contributed by atoms with Crippen molar-refractivity contribution in [3.8, 4) is 0 Å². The van der Waals surface area contributed by atoms with Gasteiger partial charge in [-0.1, -0.05) is 298 Å². The Labute approximate surface area is 412 Å². The number of hydrogen-bond acceptors (Lipinski definition) is 6. The van der Waals surface area contributed by atoms with E-state index in [1.54, 1.807) is 0 Å². The largest absolute Gasteiger partial charge is 0.462 e. The highest BCUT2D eigenvalue weighted by molar-refractivity contribution is 5.71. The molecule has 0 fully saturated rings. The third kappa shape index (κ3) is 53.4. The molecule has 0 aliphatic rings. The molecule has 0 aliphatic carbocycles. The lowest BCUT2D eigenvalue weighted by atomic mass is 10.0. The maximum absolute atomic E-state index is 12.9. The fourth-order valence-electron chi connectivity index (χ4n) is 9.23. The van der Waals surface area contributed by atoms with E-state index in [1.165, 1.54) is 225 Å². The van der Waals surface area contributed by atoms with E-state index in [1.807, 2.05) is 0 Å². The summed E-state index contributed by atoms with van der Waals surface area (Å²) in [5.74, 6) is 0.833. The van der Waals surface area contributed by atoms with E-state index in [9.17, 15) is 14.4 Å². The number of carbonyl (C=O) groups is 3. The van der Waals surface area contributed by atoms with Gasteiger partial charge in [-0.2, -0.15) is 0 Å². The third-order valence-electron chi connectivity index (χ3n) is 13.7. The van der Waals surface area contributed by atoms with E-state index in [4.69, 9.17) is 14.2 Å². The van der Waals surface area contributed by atoms with Crippen molar-refractivity contribution in [1.29, 1.82) is 0 Å². The van der Waals surface area contributed by atoms with Crippen molar-refractivity contribution in [3.63, 3.8) is 0 Å². The molecule has 1 atom stereocenters. The predicted octanol–water partition coefficient (Wildman–Crippen LogP) is 19.7. The average Bonchev–Trinajstić information content (AvgIpc) is 3.29. The minimum absolute atomic E-state index is 0.0625. The quantitative estimate of drug-likeness (QED) is 0.0343. The lowest BCUT2D eigenvalue weighted by molar-refractivity contribution is -0.167. The molecule has 0 amide bonds. The molecule has 0 aromatic carbocycles. The van der Waals surface area contributed by atoms with Gasteiger partial charge in [0.15, 0.2) is 6.10 Å². The van der Waals surface area contributed by atoms with Crippen molar-refractivity contribution in [2.24, 2.45) is 11.8 Å². The van der Waals surface area contributed by atoms with Gasteiger partial charge in [0.05, 0.1) is 0 Å². The maximum atomic E-state index is 12.9. The molecular formula is C60H116O6. The summed E-state index contributed by atoms with van der Waals surface area (Å²) >= 11 is 0. The van der Waals surface area contributed by atoms with Crippen LogP contribution in [0, 0.1) is 11.8 Å². The molecule has 0 heterocycles. The summed E-state index contributed by atoms with van der Waals surface area (Å²) in [4.78, 5) is 38.2. The van der Waals surface area contributed by atoms with E-state index in [0.29, 0.717) is 19.3 Å². The fourth-order valence-corrected chi connectivity index (χ4v) is 9.23. The molecule has 0 N–H and O–H groups in total. The summed E-state index contributed by atoms with van der Waals surface area (Å²) < 4.78 is 16.9. The summed E-state index contributed by atoms with van der Waals surface area (Å²) in [5, 5.41) is 0. The van der Waals surface area contributed by atoms with E-state index >= 15 is 0 Å². The molecule has 0 saturated heterocycles. The Hall–Kier alpha value is -1.59. The molecule has 0 saturated carbocycles. The minimum Gasteiger partial charge on any atom is -0.462 e. The molecular weight excluding hydrogens is 817 g/mol. The Morgan fingerprint density at radius 1 is 0.288 bits per heavy atom. The maximum Gasteiger partial charge on any atom is 0.306 e. The van der Waals surface area contributed by atoms with Gasteiger partial charge in [-0.05, 0) is 31.1 Å². The van der Waals surface area contributed by atoms with Crippen LogP contribution in [0.4, 0.5) is 0 Å². The Morgan fingerprint density at radius 3 is 0.742 bits per heavy atom. The van der Waals surface area contributed by atoms with Gasteiger partial charge in [0.1, 0.15) is 13.2 Å². The van der Waals surface area contributed by atoms with Crippen LogP contribution < -0.4 is 0 Å². The summed E-state index contributed by atoms with van der Waals surface area (Å²) in [6.45, 7) is 11.4. The van der Waals surface area contributed by atoms with Crippen molar-refractivity contribution in [2.45, 2.75) is 343 Å². The van der Waals surface area contributed by atoms with Crippen LogP contribution in [0.5, 0.6) is 0 Å². The summed E-state index contributed by atoms with van der Waals surface area (Å²) in [5.41, 5.74) is 0. The SMILES string of the molecule is CCCCCCCCCCCCCCCCCCC(=O)OC[C@@H](COC(=O)CCCCCCCCCCCCC(C)C)OC(=O)CCCCCCCCCCCCCCCCCCC(C)C. The Balaban J connectivity index is 4.28. The molecule has 66 heavy (non-hydrogen) atoms. The smallest absolute Gasteiger partial charge is 0.306 e. The average molecular weight is 934 g/mol. The van der Waals surface area contributed by atoms with Gasteiger partial charge in [-0.25, -0.2) is 0 Å². The molecule has 0 aromatic heterocycles. The van der Waals surface area contributed by atoms with Gasteiger partial charge in [0.25, 0.3) is 0 Å². The van der Waals surface area contributed by atoms with E-state index < -0.39 is 6.10 Å². The number of carbonyl (C=O) groups excluding carboxylic acids is 3. The summed E-state index contributed by atoms with van der Waals surface area (Å²) in [6.07, 6.45) is 56.7. The second-order valence-electron chi connectivity index (χ2n) is 21.6. The minimum atomic E-state index is -0.763. The standard InChI is InChI=1S/C60H116O6/c1-6-7-8-9-10-11-12-13-14-18-21-24-30-35-40-45-50-58(61)64-53-57(54-65-59(62)51-46-41-36-31-27-26-29-34-39-44-49-56(4)5)66-60(63)52-47-42-37-32-25-22-19-16-15-17-20-23-28-33-38-43-48-55(2)3/h55-57H,6-54H2,1-5H3/t57-/m0/s1. The third-order valence-corrected chi connectivity index (χ3v) is 13.7. The van der Waals surface area contributed by atoms with Crippen LogP contribution in [0.1, 0.15) is 336 Å². The molecule has 0 rings (SSSR count). The van der Waals surface area contributed by atoms with Crippen LogP contribution >= 0.6 is 0 Å². The monoisotopic (exact) mass is 933 g/mol. The zero-order valence-corrected chi connectivity index (χ0v) is 45.3. The summed E-state index contributed by atoms with van der Waals surface area (Å²) in [6, 6.07) is 0. The number of unbranched alkanes of at least 4 members (excludes halogenated alkanes) is 39. The Kier molecular flexibility index (Phi) is 51.5. The number of esters is 3. The van der Waals surface area contributed by atoms with E-state index in [2.05, 4.69) is 34.6 Å². The molecule has 0 spiro atoms. The van der Waals surface area contributed by atoms with Gasteiger partial charge < -0.3 is 14.2 Å². The van der Waals surface area contributed by atoms with E-state index in [0.717, 1.165) is 69.6 Å². The lowest BCUT2D eigenvalue weighted by Crippen LogP contribution is -2.30. The predicted molar refractivity (Wildman–Crippen MR) is 284 cm³/mol. The first kappa shape index (κ1) is 64.4. The first-order valence-corrected chi connectivity index (χ1v) is 29.7. The van der Waals surface area contributed by atoms with Gasteiger partial charge >= 0.3 is 17.9 Å². The van der Waals surface area contributed by atoms with Crippen LogP contribution in [0.2, 0.25) is 0 Å². The normalized spacial score (nSPS) is 12.0. The first-order valence-electron chi connectivity index (χ1n) is 29.7. The van der Waals surface area contributed by atoms with Gasteiger partial charge in [0, 0.05) is 19.3 Å². The second-order valence-corrected chi connectivity index (χ2v) is 21.6. The van der Waals surface area contributed by atoms with Gasteiger partial charge in [-0.15, -0.1) is 0 Å². The van der Waals surface area contributed by atoms with Gasteiger partial charge in [0.2, 0.25) is 0 Å². The lowest BCUT2D eigenvalue weighted by Gasteiger charge is -2.18. The zero-order chi connectivity index (χ0) is 48.2.